The van der Waals surface area contributed by atoms with E-state index in [9.17, 15) is 27.5 Å². The van der Waals surface area contributed by atoms with Crippen LogP contribution in [0, 0.1) is 12.7 Å². The highest BCUT2D eigenvalue weighted by Gasteiger charge is 2.39. The van der Waals surface area contributed by atoms with Gasteiger partial charge in [0, 0.05) is 25.0 Å². The molecular weight excluding hydrogens is 468 g/mol. The molecule has 0 aliphatic carbocycles. The number of anilines is 1. The predicted octanol–water partition coefficient (Wildman–Crippen LogP) is 4.66. The van der Waals surface area contributed by atoms with Gasteiger partial charge < -0.3 is 19.7 Å². The Kier molecular flexibility index (Phi) is 6.94. The summed E-state index contributed by atoms with van der Waals surface area (Å²) in [6.07, 6.45) is -4.22. The number of halogens is 5. The van der Waals surface area contributed by atoms with Crippen LogP contribution in [0.3, 0.4) is 0 Å². The number of nitrogens with zero attached hydrogens (tertiary/aromatic N) is 3. The van der Waals surface area contributed by atoms with Crippen molar-refractivity contribution in [2.45, 2.75) is 32.7 Å². The smallest absolute Gasteiger partial charge is 0.425 e. The van der Waals surface area contributed by atoms with Crippen molar-refractivity contribution in [1.29, 1.82) is 0 Å². The quantitative estimate of drug-likeness (QED) is 0.391. The van der Waals surface area contributed by atoms with E-state index in [4.69, 9.17) is 16.3 Å². The van der Waals surface area contributed by atoms with Crippen molar-refractivity contribution in [2.24, 2.45) is 7.05 Å². The number of aryl methyl sites for hydroxylation is 2. The lowest BCUT2D eigenvalue weighted by molar-refractivity contribution is -0.189. The molecular formula is C21H19ClF4N4O3. The first-order chi connectivity index (χ1) is 15.4. The average molecular weight is 487 g/mol. The first kappa shape index (κ1) is 24.5. The summed E-state index contributed by atoms with van der Waals surface area (Å²) in [5.41, 5.74) is 0.0193. The molecule has 1 amide bonds. The Labute approximate surface area is 191 Å². The molecule has 0 saturated carbocycles. The predicted molar refractivity (Wildman–Crippen MR) is 113 cm³/mol. The molecule has 0 bridgehead atoms. The minimum atomic E-state index is -4.74. The number of aromatic nitrogens is 3. The maximum Gasteiger partial charge on any atom is 0.425 e. The molecule has 2 N–H and O–H groups in total. The van der Waals surface area contributed by atoms with Crippen LogP contribution in [0.5, 0.6) is 5.75 Å². The Morgan fingerprint density at radius 2 is 2.06 bits per heavy atom. The second-order valence-corrected chi connectivity index (χ2v) is 7.55. The third-order valence-electron chi connectivity index (χ3n) is 4.82. The Morgan fingerprint density at radius 3 is 2.64 bits per heavy atom. The largest absolute Gasteiger partial charge is 0.480 e. The van der Waals surface area contributed by atoms with Gasteiger partial charge in [-0.2, -0.15) is 13.2 Å². The molecule has 0 unspecified atom stereocenters. The normalized spacial score (nSPS) is 12.5. The van der Waals surface area contributed by atoms with Crippen LogP contribution >= 0.6 is 11.6 Å². The second-order valence-electron chi connectivity index (χ2n) is 7.19. The molecule has 7 nitrogen and oxygen atoms in total. The van der Waals surface area contributed by atoms with Crippen molar-refractivity contribution in [1.82, 2.24) is 14.5 Å². The molecule has 3 rings (SSSR count). The zero-order valence-corrected chi connectivity index (χ0v) is 18.4. The van der Waals surface area contributed by atoms with Gasteiger partial charge in [-0.3, -0.25) is 4.79 Å². The molecule has 0 saturated heterocycles. The highest BCUT2D eigenvalue weighted by molar-refractivity contribution is 6.33. The van der Waals surface area contributed by atoms with Crippen LogP contribution < -0.4 is 10.1 Å². The van der Waals surface area contributed by atoms with Gasteiger partial charge in [0.1, 0.15) is 24.0 Å². The number of amides is 1. The van der Waals surface area contributed by atoms with Gasteiger partial charge in [0.25, 0.3) is 5.91 Å². The maximum absolute atomic E-state index is 15.0. The van der Waals surface area contributed by atoms with Crippen molar-refractivity contribution in [2.75, 3.05) is 5.32 Å². The highest BCUT2D eigenvalue weighted by atomic mass is 35.5. The number of benzene rings is 1. The average Bonchev–Trinajstić information content (AvgIpc) is 3.11. The molecule has 176 valence electrons. The number of pyridine rings is 1. The summed E-state index contributed by atoms with van der Waals surface area (Å²) in [6, 6.07) is 3.29. The topological polar surface area (TPSA) is 89.3 Å². The number of hydrogen-bond acceptors (Lipinski definition) is 5. The summed E-state index contributed by atoms with van der Waals surface area (Å²) in [5, 5.41) is 11.7. The molecule has 0 spiro atoms. The van der Waals surface area contributed by atoms with E-state index >= 15 is 0 Å². The Balaban J connectivity index is 2.09. The number of hydrogen-bond donors (Lipinski definition) is 2. The first-order valence-corrected chi connectivity index (χ1v) is 9.93. The van der Waals surface area contributed by atoms with E-state index in [-0.39, 0.29) is 27.9 Å². The molecule has 0 aliphatic heterocycles. The molecule has 0 fully saturated rings. The number of nitrogens with one attached hydrogen (secondary N) is 1. The van der Waals surface area contributed by atoms with Gasteiger partial charge in [0.2, 0.25) is 0 Å². The fourth-order valence-electron chi connectivity index (χ4n) is 2.92. The van der Waals surface area contributed by atoms with E-state index in [1.54, 1.807) is 20.0 Å². The molecule has 33 heavy (non-hydrogen) atoms. The lowest BCUT2D eigenvalue weighted by Gasteiger charge is -2.20. The summed E-state index contributed by atoms with van der Waals surface area (Å²) < 4.78 is 60.9. The highest BCUT2D eigenvalue weighted by Crippen LogP contribution is 2.34. The Hall–Kier alpha value is -3.18. The number of carbonyl (C=O) groups excluding carboxylic acids is 1. The van der Waals surface area contributed by atoms with E-state index < -0.39 is 41.9 Å². The number of alkyl halides is 3. The summed E-state index contributed by atoms with van der Waals surface area (Å²) in [6.45, 7) is 1.96. The lowest BCUT2D eigenvalue weighted by Crippen LogP contribution is -2.32. The Bertz CT molecular complexity index is 1180. The number of carbonyl (C=O) groups is 1. The van der Waals surface area contributed by atoms with Gasteiger partial charge in [-0.15, -0.1) is 0 Å². The van der Waals surface area contributed by atoms with E-state index in [2.05, 4.69) is 15.3 Å². The molecule has 0 aliphatic rings. The van der Waals surface area contributed by atoms with E-state index in [0.29, 0.717) is 5.56 Å². The fraction of sp³-hybridized carbons (Fsp3) is 0.286. The molecule has 12 heteroatoms. The minimum absolute atomic E-state index is 0.0432. The van der Waals surface area contributed by atoms with Crippen LogP contribution in [-0.2, 0) is 13.7 Å². The van der Waals surface area contributed by atoms with E-state index in [0.717, 1.165) is 19.1 Å². The standard InChI is InChI=1S/C21H19ClF4N4O3/c1-10-4-5-27-19(22)18(10)29-20(32)13-6-14(23)12(15-8-30(3)17(9-31)28-15)7-16(13)33-11(2)21(24,25)26/h4-8,11,31H,9H2,1-3H3,(H,29,32)/t11-/m0/s1. The van der Waals surface area contributed by atoms with Gasteiger partial charge >= 0.3 is 6.18 Å². The third kappa shape index (κ3) is 5.25. The minimum Gasteiger partial charge on any atom is -0.480 e. The van der Waals surface area contributed by atoms with E-state index in [1.807, 2.05) is 0 Å². The monoisotopic (exact) mass is 486 g/mol. The van der Waals surface area contributed by atoms with Crippen LogP contribution in [0.1, 0.15) is 28.7 Å². The Morgan fingerprint density at radius 1 is 1.36 bits per heavy atom. The van der Waals surface area contributed by atoms with Gasteiger partial charge in [-0.25, -0.2) is 14.4 Å². The van der Waals surface area contributed by atoms with Crippen molar-refractivity contribution >= 4 is 23.2 Å². The van der Waals surface area contributed by atoms with Crippen LogP contribution in [0.4, 0.5) is 23.2 Å². The lowest BCUT2D eigenvalue weighted by atomic mass is 10.1. The molecule has 0 radical (unpaired) electrons. The third-order valence-corrected chi connectivity index (χ3v) is 5.11. The fourth-order valence-corrected chi connectivity index (χ4v) is 3.17. The van der Waals surface area contributed by atoms with Crippen LogP contribution in [0.2, 0.25) is 5.15 Å². The van der Waals surface area contributed by atoms with Crippen LogP contribution in [0.15, 0.2) is 30.6 Å². The van der Waals surface area contributed by atoms with Gasteiger partial charge in [-0.1, -0.05) is 11.6 Å². The molecule has 1 atom stereocenters. The van der Waals surface area contributed by atoms with Crippen LogP contribution in [0.25, 0.3) is 11.3 Å². The zero-order valence-electron chi connectivity index (χ0n) is 17.7. The number of imidazole rings is 1. The van der Waals surface area contributed by atoms with E-state index in [1.165, 1.54) is 17.0 Å². The first-order valence-electron chi connectivity index (χ1n) is 9.55. The maximum atomic E-state index is 15.0. The second kappa shape index (κ2) is 9.36. The zero-order chi connectivity index (χ0) is 24.5. The summed E-state index contributed by atoms with van der Waals surface area (Å²) in [5.74, 6) is -2.18. The van der Waals surface area contributed by atoms with Crippen molar-refractivity contribution in [3.05, 3.63) is 58.5 Å². The number of rotatable bonds is 6. The van der Waals surface area contributed by atoms with Gasteiger partial charge in [0.15, 0.2) is 11.3 Å². The molecule has 1 aromatic carbocycles. The number of aliphatic hydroxyl groups is 1. The van der Waals surface area contributed by atoms with Crippen molar-refractivity contribution in [3.63, 3.8) is 0 Å². The molecule has 3 aromatic rings. The molecule has 2 aromatic heterocycles. The number of ether oxygens (including phenoxy) is 1. The van der Waals surface area contributed by atoms with Crippen molar-refractivity contribution in [3.8, 4) is 17.0 Å². The van der Waals surface area contributed by atoms with Crippen molar-refractivity contribution < 1.29 is 32.2 Å². The molecule has 2 heterocycles. The summed E-state index contributed by atoms with van der Waals surface area (Å²) >= 11 is 6.00. The van der Waals surface area contributed by atoms with Crippen LogP contribution in [-0.4, -0.2) is 37.8 Å². The van der Waals surface area contributed by atoms with Gasteiger partial charge in [-0.05, 0) is 37.6 Å². The van der Waals surface area contributed by atoms with Gasteiger partial charge in [0.05, 0.1) is 16.9 Å². The SMILES string of the molecule is Cc1ccnc(Cl)c1NC(=O)c1cc(F)c(-c2cn(C)c(CO)n2)cc1O[C@@H](C)C(F)(F)F. The number of aliphatic hydroxyl groups excluding tert-OH is 1. The summed E-state index contributed by atoms with van der Waals surface area (Å²) in [7, 11) is 1.56. The summed E-state index contributed by atoms with van der Waals surface area (Å²) in [4.78, 5) is 20.8.